The Balaban J connectivity index is -0.00000200. The van der Waals surface area contributed by atoms with Crippen LogP contribution in [0.1, 0.15) is 6.42 Å². The van der Waals surface area contributed by atoms with Gasteiger partial charge in [-0.2, -0.15) is 0 Å². The van der Waals surface area contributed by atoms with Crippen molar-refractivity contribution < 1.29 is 57.9 Å². The molecule has 1 atom stereocenters. The monoisotopic (exact) mass is 376 g/mol. The number of carbonyl (C=O) groups is 2. The van der Waals surface area contributed by atoms with Gasteiger partial charge in [-0.05, 0) is 0 Å². The molecule has 0 fully saturated rings. The number of aliphatic hydroxyl groups is 1. The van der Waals surface area contributed by atoms with E-state index in [1.54, 1.807) is 0 Å². The van der Waals surface area contributed by atoms with E-state index in [0.29, 0.717) is 22.1 Å². The molecule has 0 aromatic carbocycles. The minimum absolute atomic E-state index is 0. The molecule has 9 heteroatoms. The summed E-state index contributed by atoms with van der Waals surface area (Å²) in [6.07, 6.45) is -1.84. The first-order chi connectivity index (χ1) is 9.41. The van der Waals surface area contributed by atoms with Crippen LogP contribution >= 0.6 is 0 Å². The number of carbonyl (C=O) groups excluding carboxylic acids is 2. The summed E-state index contributed by atoms with van der Waals surface area (Å²) >= 11 is 0. The molecule has 0 spiro atoms. The highest BCUT2D eigenvalue weighted by atomic mass is 35.5. The van der Waals surface area contributed by atoms with Gasteiger partial charge < -0.3 is 48.4 Å². The number of aliphatic hydroxyl groups excluding tert-OH is 1. The second kappa shape index (κ2) is 11.9. The van der Waals surface area contributed by atoms with Crippen LogP contribution in [0.4, 0.5) is 0 Å². The molecule has 0 aliphatic rings. The number of quaternary nitrogens is 2. The number of nitrogens with zero attached hydrogens (tertiary/aromatic N) is 2. The lowest BCUT2D eigenvalue weighted by Crippen LogP contribution is -3.00. The first kappa shape index (κ1) is 27.3. The summed E-state index contributed by atoms with van der Waals surface area (Å²) in [4.78, 5) is 23.0. The Bertz CT molecular complexity index is 354. The summed E-state index contributed by atoms with van der Waals surface area (Å²) < 4.78 is 11.2. The number of esters is 2. The van der Waals surface area contributed by atoms with Gasteiger partial charge in [-0.25, -0.2) is 4.79 Å². The molecule has 0 bridgehead atoms. The molecule has 0 saturated carbocycles. The van der Waals surface area contributed by atoms with E-state index in [1.807, 2.05) is 42.3 Å². The average molecular weight is 377 g/mol. The van der Waals surface area contributed by atoms with Gasteiger partial charge in [-0.1, -0.05) is 0 Å². The number of hydrogen-bond acceptors (Lipinski definition) is 5. The summed E-state index contributed by atoms with van der Waals surface area (Å²) in [5.41, 5.74) is 0. The zero-order valence-electron chi connectivity index (χ0n) is 14.8. The summed E-state index contributed by atoms with van der Waals surface area (Å²) in [5.74, 6) is -1.38. The average Bonchev–Trinajstić information content (AvgIpc) is 2.24. The molecule has 0 saturated heterocycles. The van der Waals surface area contributed by atoms with Crippen LogP contribution in [0.3, 0.4) is 0 Å². The number of ether oxygens (including phenoxy) is 2. The maximum atomic E-state index is 11.5. The van der Waals surface area contributed by atoms with Crippen LogP contribution in [-0.4, -0.2) is 101 Å². The number of halogens is 2. The Morgan fingerprint density at radius 2 is 1.26 bits per heavy atom. The second-order valence-electron chi connectivity index (χ2n) is 7.14. The Hall–Kier alpha value is -0.600. The van der Waals surface area contributed by atoms with E-state index in [-0.39, 0.29) is 44.4 Å². The van der Waals surface area contributed by atoms with Crippen molar-refractivity contribution in [2.75, 3.05) is 68.6 Å². The van der Waals surface area contributed by atoms with Crippen LogP contribution in [0.5, 0.6) is 0 Å². The van der Waals surface area contributed by atoms with Gasteiger partial charge in [0.05, 0.1) is 48.7 Å². The van der Waals surface area contributed by atoms with E-state index in [4.69, 9.17) is 9.47 Å². The molecule has 140 valence electrons. The largest absolute Gasteiger partial charge is 1.00 e. The van der Waals surface area contributed by atoms with Crippen LogP contribution in [0.15, 0.2) is 0 Å². The summed E-state index contributed by atoms with van der Waals surface area (Å²) in [6, 6.07) is 0. The lowest BCUT2D eigenvalue weighted by Gasteiger charge is -2.24. The topological polar surface area (TPSA) is 72.8 Å². The van der Waals surface area contributed by atoms with E-state index in [9.17, 15) is 14.7 Å². The molecule has 0 aromatic rings. The van der Waals surface area contributed by atoms with Gasteiger partial charge in [0.2, 0.25) is 0 Å². The molecule has 0 radical (unpaired) electrons. The van der Waals surface area contributed by atoms with Crippen LogP contribution in [-0.2, 0) is 19.1 Å². The van der Waals surface area contributed by atoms with E-state index in [1.165, 1.54) is 0 Å². The Labute approximate surface area is 151 Å². The zero-order chi connectivity index (χ0) is 16.7. The predicted molar refractivity (Wildman–Crippen MR) is 78.3 cm³/mol. The van der Waals surface area contributed by atoms with Gasteiger partial charge in [0.15, 0.2) is 6.10 Å². The molecule has 0 amide bonds. The third kappa shape index (κ3) is 17.6. The van der Waals surface area contributed by atoms with Crippen molar-refractivity contribution in [3.05, 3.63) is 0 Å². The first-order valence-electron chi connectivity index (χ1n) is 7.02. The van der Waals surface area contributed by atoms with Crippen molar-refractivity contribution in [2.24, 2.45) is 0 Å². The van der Waals surface area contributed by atoms with Crippen LogP contribution < -0.4 is 24.8 Å². The maximum absolute atomic E-state index is 11.5. The van der Waals surface area contributed by atoms with E-state index in [2.05, 4.69) is 0 Å². The van der Waals surface area contributed by atoms with Crippen LogP contribution in [0, 0.1) is 0 Å². The van der Waals surface area contributed by atoms with Gasteiger partial charge in [0.1, 0.15) is 26.3 Å². The fourth-order valence-corrected chi connectivity index (χ4v) is 1.25. The highest BCUT2D eigenvalue weighted by molar-refractivity contribution is 5.81. The Kier molecular flexibility index (Phi) is 14.1. The smallest absolute Gasteiger partial charge is 0.335 e. The zero-order valence-corrected chi connectivity index (χ0v) is 16.4. The Morgan fingerprint density at radius 1 is 0.870 bits per heavy atom. The molecule has 0 rings (SSSR count). The lowest BCUT2D eigenvalue weighted by atomic mass is 10.2. The molecule has 7 nitrogen and oxygen atoms in total. The van der Waals surface area contributed by atoms with Gasteiger partial charge >= 0.3 is 11.9 Å². The van der Waals surface area contributed by atoms with Gasteiger partial charge in [-0.15, -0.1) is 0 Å². The maximum Gasteiger partial charge on any atom is 0.335 e. The first-order valence-corrected chi connectivity index (χ1v) is 7.02. The highest BCUT2D eigenvalue weighted by Gasteiger charge is 2.22. The SMILES string of the molecule is C[N+](C)(C)CCOC(=O)CC(O)C(=O)OCC[N+](C)(C)C.[Cl-].[Cl-]. The Morgan fingerprint density at radius 3 is 1.65 bits per heavy atom. The fourth-order valence-electron chi connectivity index (χ4n) is 1.25. The molecular formula is C14H30Cl2N2O5. The van der Waals surface area contributed by atoms with E-state index >= 15 is 0 Å². The van der Waals surface area contributed by atoms with Gasteiger partial charge in [-0.3, -0.25) is 4.79 Å². The molecule has 0 aromatic heterocycles. The number of likely N-dealkylation sites (N-methyl/N-ethyl adjacent to an activating group) is 2. The van der Waals surface area contributed by atoms with Crippen molar-refractivity contribution in [2.45, 2.75) is 12.5 Å². The minimum atomic E-state index is -1.46. The van der Waals surface area contributed by atoms with Crippen LogP contribution in [0.25, 0.3) is 0 Å². The van der Waals surface area contributed by atoms with E-state index < -0.39 is 18.0 Å². The molecular weight excluding hydrogens is 347 g/mol. The standard InChI is InChI=1S/C14H30N2O5.2ClH/c1-15(2,3)7-9-20-13(18)11-12(17)14(19)21-10-8-16(4,5)6;;/h12,17H,7-11H2,1-6H3;2*1H/q+2;;/p-2. The van der Waals surface area contributed by atoms with E-state index in [0.717, 1.165) is 0 Å². The number of hydrogen-bond donors (Lipinski definition) is 1. The second-order valence-corrected chi connectivity index (χ2v) is 7.14. The quantitative estimate of drug-likeness (QED) is 0.320. The summed E-state index contributed by atoms with van der Waals surface area (Å²) in [5, 5.41) is 9.59. The van der Waals surface area contributed by atoms with Crippen LogP contribution in [0.2, 0.25) is 0 Å². The van der Waals surface area contributed by atoms with Gasteiger partial charge in [0, 0.05) is 0 Å². The highest BCUT2D eigenvalue weighted by Crippen LogP contribution is 2.00. The third-order valence-corrected chi connectivity index (χ3v) is 2.66. The van der Waals surface area contributed by atoms with Crippen molar-refractivity contribution in [1.82, 2.24) is 0 Å². The fraction of sp³-hybridized carbons (Fsp3) is 0.857. The molecule has 23 heavy (non-hydrogen) atoms. The lowest BCUT2D eigenvalue weighted by molar-refractivity contribution is -0.870. The van der Waals surface area contributed by atoms with Crippen molar-refractivity contribution in [3.63, 3.8) is 0 Å². The summed E-state index contributed by atoms with van der Waals surface area (Å²) in [6.45, 7) is 1.75. The molecule has 1 unspecified atom stereocenters. The van der Waals surface area contributed by atoms with Crippen molar-refractivity contribution in [1.29, 1.82) is 0 Å². The molecule has 0 aliphatic heterocycles. The molecule has 1 N–H and O–H groups in total. The molecule has 0 heterocycles. The molecule has 0 aliphatic carbocycles. The predicted octanol–water partition coefficient (Wildman–Crippen LogP) is -6.76. The van der Waals surface area contributed by atoms with Crippen molar-refractivity contribution in [3.8, 4) is 0 Å². The van der Waals surface area contributed by atoms with Gasteiger partial charge in [0.25, 0.3) is 0 Å². The summed E-state index contributed by atoms with van der Waals surface area (Å²) in [7, 11) is 11.8. The minimum Gasteiger partial charge on any atom is -1.00 e. The normalized spacial score (nSPS) is 12.5. The third-order valence-electron chi connectivity index (χ3n) is 2.66. The number of rotatable bonds is 9. The van der Waals surface area contributed by atoms with Crippen molar-refractivity contribution >= 4 is 11.9 Å².